The largest absolute Gasteiger partial charge is 0.486 e. The van der Waals surface area contributed by atoms with Crippen molar-refractivity contribution in [2.24, 2.45) is 0 Å². The monoisotopic (exact) mass is 572 g/mol. The average molecular weight is 574 g/mol. The third kappa shape index (κ3) is 7.09. The molecule has 0 bridgehead atoms. The summed E-state index contributed by atoms with van der Waals surface area (Å²) >= 11 is 16.0. The van der Waals surface area contributed by atoms with Crippen LogP contribution in [0.15, 0.2) is 70.7 Å². The van der Waals surface area contributed by atoms with Gasteiger partial charge in [-0.15, -0.1) is 0 Å². The molecular formula is C26H19BrCl2N2O4. The average Bonchev–Trinajstić information content (AvgIpc) is 2.83. The highest BCUT2D eigenvalue weighted by Gasteiger charge is 2.14. The van der Waals surface area contributed by atoms with E-state index in [0.717, 1.165) is 5.56 Å². The van der Waals surface area contributed by atoms with Crippen LogP contribution in [0.25, 0.3) is 6.08 Å². The summed E-state index contributed by atoms with van der Waals surface area (Å²) in [5.41, 5.74) is 1.98. The van der Waals surface area contributed by atoms with E-state index in [1.54, 1.807) is 37.3 Å². The molecule has 0 heterocycles. The maximum Gasteiger partial charge on any atom is 0.338 e. The molecule has 0 unspecified atom stereocenters. The quantitative estimate of drug-likeness (QED) is 0.177. The van der Waals surface area contributed by atoms with Crippen LogP contribution in [-0.2, 0) is 16.1 Å². The lowest BCUT2D eigenvalue weighted by Gasteiger charge is -2.12. The number of carbonyl (C=O) groups is 2. The second-order valence-electron chi connectivity index (χ2n) is 7.12. The standard InChI is InChI=1S/C26H19BrCl2N2O4/c1-2-34-26(33)17-7-9-20(10-8-17)31-25(32)19(14-30)11-16-12-21(27)24(23(29)13-16)35-15-18-5-3-4-6-22(18)28/h3-13H,2,15H2,1H3,(H,31,32)/b19-11+. The summed E-state index contributed by atoms with van der Waals surface area (Å²) in [5, 5.41) is 13.0. The minimum atomic E-state index is -0.609. The molecule has 6 nitrogen and oxygen atoms in total. The van der Waals surface area contributed by atoms with Crippen molar-refractivity contribution in [1.82, 2.24) is 0 Å². The number of nitriles is 1. The lowest BCUT2D eigenvalue weighted by molar-refractivity contribution is -0.112. The number of rotatable bonds is 8. The van der Waals surface area contributed by atoms with Gasteiger partial charge in [-0.05, 0) is 77.0 Å². The maximum absolute atomic E-state index is 12.6. The summed E-state index contributed by atoms with van der Waals surface area (Å²) in [6.45, 7) is 2.20. The zero-order valence-corrected chi connectivity index (χ0v) is 21.6. The number of ether oxygens (including phenoxy) is 2. The molecule has 0 atom stereocenters. The molecule has 0 fully saturated rings. The molecule has 1 amide bonds. The van der Waals surface area contributed by atoms with Crippen molar-refractivity contribution in [2.45, 2.75) is 13.5 Å². The van der Waals surface area contributed by atoms with E-state index in [1.807, 2.05) is 24.3 Å². The molecule has 0 aliphatic heterocycles. The molecule has 9 heteroatoms. The molecular weight excluding hydrogens is 555 g/mol. The fraction of sp³-hybridized carbons (Fsp3) is 0.115. The van der Waals surface area contributed by atoms with E-state index in [-0.39, 0.29) is 18.8 Å². The Labute approximate surface area is 221 Å². The van der Waals surface area contributed by atoms with Gasteiger partial charge in [-0.3, -0.25) is 4.79 Å². The van der Waals surface area contributed by atoms with Gasteiger partial charge in [-0.1, -0.05) is 41.4 Å². The summed E-state index contributed by atoms with van der Waals surface area (Å²) in [5.74, 6) is -0.652. The summed E-state index contributed by atoms with van der Waals surface area (Å²) in [4.78, 5) is 24.4. The Balaban J connectivity index is 1.73. The molecule has 1 N–H and O–H groups in total. The molecule has 3 rings (SSSR count). The van der Waals surface area contributed by atoms with Crippen LogP contribution in [0.1, 0.15) is 28.4 Å². The predicted molar refractivity (Wildman–Crippen MR) is 140 cm³/mol. The number of hydrogen-bond acceptors (Lipinski definition) is 5. The van der Waals surface area contributed by atoms with Gasteiger partial charge in [0.15, 0.2) is 5.75 Å². The fourth-order valence-corrected chi connectivity index (χ4v) is 4.16. The first-order valence-electron chi connectivity index (χ1n) is 10.4. The second-order valence-corrected chi connectivity index (χ2v) is 8.78. The van der Waals surface area contributed by atoms with Crippen LogP contribution in [0.4, 0.5) is 5.69 Å². The first kappa shape index (κ1) is 26.3. The third-order valence-corrected chi connectivity index (χ3v) is 5.92. The molecule has 0 aliphatic rings. The van der Waals surface area contributed by atoms with E-state index in [9.17, 15) is 14.9 Å². The van der Waals surface area contributed by atoms with Crippen LogP contribution in [0, 0.1) is 11.3 Å². The van der Waals surface area contributed by atoms with Crippen molar-refractivity contribution in [3.8, 4) is 11.8 Å². The van der Waals surface area contributed by atoms with E-state index in [4.69, 9.17) is 32.7 Å². The van der Waals surface area contributed by atoms with Crippen molar-refractivity contribution in [3.63, 3.8) is 0 Å². The molecule has 0 saturated heterocycles. The molecule has 3 aromatic rings. The van der Waals surface area contributed by atoms with Gasteiger partial charge < -0.3 is 14.8 Å². The Morgan fingerprint density at radius 1 is 1.09 bits per heavy atom. The first-order valence-corrected chi connectivity index (χ1v) is 11.9. The minimum absolute atomic E-state index is 0.132. The van der Waals surface area contributed by atoms with Crippen molar-refractivity contribution in [3.05, 3.63) is 97.4 Å². The molecule has 0 saturated carbocycles. The summed E-state index contributed by atoms with van der Waals surface area (Å²) in [7, 11) is 0. The highest BCUT2D eigenvalue weighted by Crippen LogP contribution is 2.36. The first-order chi connectivity index (χ1) is 16.8. The van der Waals surface area contributed by atoms with Crippen LogP contribution < -0.4 is 10.1 Å². The smallest absolute Gasteiger partial charge is 0.338 e. The van der Waals surface area contributed by atoms with E-state index in [2.05, 4.69) is 21.2 Å². The van der Waals surface area contributed by atoms with Gasteiger partial charge in [-0.2, -0.15) is 5.26 Å². The highest BCUT2D eigenvalue weighted by atomic mass is 79.9. The summed E-state index contributed by atoms with van der Waals surface area (Å²) in [6.07, 6.45) is 1.41. The van der Waals surface area contributed by atoms with E-state index >= 15 is 0 Å². The molecule has 0 aliphatic carbocycles. The number of carbonyl (C=O) groups excluding carboxylic acids is 2. The van der Waals surface area contributed by atoms with Gasteiger partial charge in [0.1, 0.15) is 18.2 Å². The summed E-state index contributed by atoms with van der Waals surface area (Å²) < 4.78 is 11.3. The predicted octanol–water partition coefficient (Wildman–Crippen LogP) is 7.06. The van der Waals surface area contributed by atoms with Gasteiger partial charge in [0, 0.05) is 16.3 Å². The Morgan fingerprint density at radius 2 is 1.80 bits per heavy atom. The number of halogens is 3. The molecule has 0 spiro atoms. The number of nitrogens with one attached hydrogen (secondary N) is 1. The zero-order chi connectivity index (χ0) is 25.4. The second kappa shape index (κ2) is 12.4. The van der Waals surface area contributed by atoms with Crippen molar-refractivity contribution in [1.29, 1.82) is 5.26 Å². The number of amides is 1. The molecule has 178 valence electrons. The van der Waals surface area contributed by atoms with Crippen LogP contribution in [0.2, 0.25) is 10.0 Å². The lowest BCUT2D eigenvalue weighted by Crippen LogP contribution is -2.13. The molecule has 3 aromatic carbocycles. The Morgan fingerprint density at radius 3 is 2.43 bits per heavy atom. The Kier molecular flexibility index (Phi) is 9.32. The molecule has 0 aromatic heterocycles. The molecule has 35 heavy (non-hydrogen) atoms. The van der Waals surface area contributed by atoms with Crippen molar-refractivity contribution >= 4 is 62.8 Å². The number of anilines is 1. The topological polar surface area (TPSA) is 88.4 Å². The van der Waals surface area contributed by atoms with Gasteiger partial charge in [-0.25, -0.2) is 4.79 Å². The van der Waals surface area contributed by atoms with Crippen molar-refractivity contribution in [2.75, 3.05) is 11.9 Å². The molecule has 0 radical (unpaired) electrons. The number of nitrogens with zero attached hydrogens (tertiary/aromatic N) is 1. The minimum Gasteiger partial charge on any atom is -0.486 e. The van der Waals surface area contributed by atoms with Gasteiger partial charge in [0.05, 0.1) is 21.7 Å². The Bertz CT molecular complexity index is 1290. The number of esters is 1. The number of hydrogen-bond donors (Lipinski definition) is 1. The highest BCUT2D eigenvalue weighted by molar-refractivity contribution is 9.10. The van der Waals surface area contributed by atoms with Gasteiger partial charge in [0.25, 0.3) is 5.91 Å². The maximum atomic E-state index is 12.6. The number of benzene rings is 3. The van der Waals surface area contributed by atoms with Crippen LogP contribution in [-0.4, -0.2) is 18.5 Å². The zero-order valence-electron chi connectivity index (χ0n) is 18.5. The van der Waals surface area contributed by atoms with E-state index in [0.29, 0.717) is 37.1 Å². The van der Waals surface area contributed by atoms with Crippen LogP contribution >= 0.6 is 39.1 Å². The van der Waals surface area contributed by atoms with Gasteiger partial charge in [0.2, 0.25) is 0 Å². The fourth-order valence-electron chi connectivity index (χ4n) is 2.98. The lowest BCUT2D eigenvalue weighted by atomic mass is 10.1. The summed E-state index contributed by atoms with van der Waals surface area (Å²) in [6, 6.07) is 18.6. The van der Waals surface area contributed by atoms with Crippen LogP contribution in [0.5, 0.6) is 5.75 Å². The van der Waals surface area contributed by atoms with Crippen molar-refractivity contribution < 1.29 is 19.1 Å². The third-order valence-electron chi connectivity index (χ3n) is 4.68. The van der Waals surface area contributed by atoms with E-state index in [1.165, 1.54) is 18.2 Å². The van der Waals surface area contributed by atoms with Crippen LogP contribution in [0.3, 0.4) is 0 Å². The SMILES string of the molecule is CCOC(=O)c1ccc(NC(=O)/C(C#N)=C/c2cc(Cl)c(OCc3ccccc3Cl)c(Br)c2)cc1. The van der Waals surface area contributed by atoms with E-state index < -0.39 is 11.9 Å². The Hall–Kier alpha value is -3.31. The van der Waals surface area contributed by atoms with Gasteiger partial charge >= 0.3 is 5.97 Å². The normalized spacial score (nSPS) is 10.9.